The number of aliphatic hydroxyl groups is 1. The standard InChI is InChI=1S/C51H54N2O3.C9H18O2.3C2H6/c1-7-11-16-36(9-3)34-56-51(55)39-25-23-38(24-26-39)40-27-29-44-45-30-28-41(37-21-19-35(5)20-22-37)32-47(45)50(49(52-6)46(44)31-40)53(43-17-13-12-14-18-43)33-42(15-8-2)48(54)10-4;1-3-5-6-9(4-2)7-11-8-10;3*1-2/h8,10,12-15,17,19-32,36,43,54H,2,6-7,9,11,16,18,33-34H2,1,3-5H3;8-9H,3-7H2,1-2H3;3*1-2H3/b42-15-,48-10+;;;;. The molecule has 394 valence electrons. The van der Waals surface area contributed by atoms with Gasteiger partial charge in [0, 0.05) is 22.9 Å². The van der Waals surface area contributed by atoms with E-state index in [9.17, 15) is 14.7 Å². The average molecular weight is 991 g/mol. The van der Waals surface area contributed by atoms with Crippen LogP contribution in [0.1, 0.15) is 150 Å². The summed E-state index contributed by atoms with van der Waals surface area (Å²) in [5, 5.41) is 15.3. The van der Waals surface area contributed by atoms with Crippen LogP contribution < -0.4 is 4.90 Å². The molecule has 1 aliphatic rings. The first-order chi connectivity index (χ1) is 35.6. The summed E-state index contributed by atoms with van der Waals surface area (Å²) in [7, 11) is 0. The van der Waals surface area contributed by atoms with Crippen LogP contribution in [0.15, 0.2) is 150 Å². The van der Waals surface area contributed by atoms with Crippen molar-refractivity contribution in [2.45, 2.75) is 147 Å². The number of carbonyl (C=O) groups excluding carboxylic acids is 2. The molecule has 1 N–H and O–H groups in total. The van der Waals surface area contributed by atoms with Gasteiger partial charge < -0.3 is 19.5 Å². The lowest BCUT2D eigenvalue weighted by Crippen LogP contribution is -2.36. The monoisotopic (exact) mass is 991 g/mol. The van der Waals surface area contributed by atoms with E-state index in [2.05, 4.69) is 138 Å². The summed E-state index contributed by atoms with van der Waals surface area (Å²) < 4.78 is 10.4. The summed E-state index contributed by atoms with van der Waals surface area (Å²) in [6.07, 6.45) is 23.7. The maximum atomic E-state index is 13.0. The van der Waals surface area contributed by atoms with Crippen molar-refractivity contribution in [3.63, 3.8) is 0 Å². The lowest BCUT2D eigenvalue weighted by molar-refractivity contribution is -0.130. The number of hydrogen-bond acceptors (Lipinski definition) is 7. The number of rotatable bonds is 23. The Morgan fingerprint density at radius 1 is 0.753 bits per heavy atom. The first-order valence-corrected chi connectivity index (χ1v) is 27.3. The lowest BCUT2D eigenvalue weighted by Gasteiger charge is -2.35. The molecule has 0 saturated heterocycles. The number of nitrogens with zero attached hydrogens (tertiary/aromatic N) is 2. The van der Waals surface area contributed by atoms with Crippen LogP contribution in [0.4, 0.5) is 11.4 Å². The molecule has 0 heterocycles. The number of unbranched alkanes of at least 4 members (excludes halogenated alkanes) is 2. The Kier molecular flexibility index (Phi) is 30.6. The Hall–Kier alpha value is -6.47. The lowest BCUT2D eigenvalue weighted by atomic mass is 9.91. The summed E-state index contributed by atoms with van der Waals surface area (Å²) in [6, 6.07) is 29.4. The molecule has 0 saturated carbocycles. The van der Waals surface area contributed by atoms with Crippen molar-refractivity contribution in [1.82, 2.24) is 0 Å². The first kappa shape index (κ1) is 62.6. The fourth-order valence-electron chi connectivity index (χ4n) is 8.70. The highest BCUT2D eigenvalue weighted by molar-refractivity contribution is 6.21. The zero-order valence-electron chi connectivity index (χ0n) is 46.8. The van der Waals surface area contributed by atoms with E-state index in [1.807, 2.05) is 78.8 Å². The van der Waals surface area contributed by atoms with Crippen molar-refractivity contribution in [1.29, 1.82) is 0 Å². The highest BCUT2D eigenvalue weighted by atomic mass is 16.5. The number of carbonyl (C=O) groups is 2. The van der Waals surface area contributed by atoms with E-state index in [1.54, 1.807) is 12.2 Å². The zero-order valence-corrected chi connectivity index (χ0v) is 46.8. The topological polar surface area (TPSA) is 88.4 Å². The van der Waals surface area contributed by atoms with Gasteiger partial charge in [-0.25, -0.2) is 4.79 Å². The molecule has 0 bridgehead atoms. The van der Waals surface area contributed by atoms with Gasteiger partial charge in [0.1, 0.15) is 5.76 Å². The van der Waals surface area contributed by atoms with Gasteiger partial charge in [-0.1, -0.05) is 217 Å². The molecule has 3 atom stereocenters. The van der Waals surface area contributed by atoms with E-state index in [1.165, 1.54) is 24.8 Å². The normalized spacial score (nSPS) is 13.6. The van der Waals surface area contributed by atoms with Gasteiger partial charge in [0.25, 0.3) is 6.47 Å². The third kappa shape index (κ3) is 18.5. The second-order valence-corrected chi connectivity index (χ2v) is 17.5. The van der Waals surface area contributed by atoms with Gasteiger partial charge in [-0.05, 0) is 115 Å². The highest BCUT2D eigenvalue weighted by Gasteiger charge is 2.26. The second-order valence-electron chi connectivity index (χ2n) is 17.5. The average Bonchev–Trinajstić information content (AvgIpc) is 3.45. The number of ether oxygens (including phenoxy) is 2. The number of esters is 1. The quantitative estimate of drug-likeness (QED) is 0.0175. The molecule has 0 amide bonds. The van der Waals surface area contributed by atoms with Crippen LogP contribution in [-0.4, -0.2) is 50.1 Å². The van der Waals surface area contributed by atoms with Gasteiger partial charge in [0.15, 0.2) is 0 Å². The van der Waals surface area contributed by atoms with Crippen LogP contribution in [0, 0.1) is 18.8 Å². The number of hydrogen-bond donors (Lipinski definition) is 1. The molecule has 7 nitrogen and oxygen atoms in total. The molecule has 5 aromatic rings. The van der Waals surface area contributed by atoms with Crippen LogP contribution in [0.2, 0.25) is 0 Å². The fraction of sp³-hybridized carbons (Fsp3) is 0.409. The van der Waals surface area contributed by atoms with Crippen LogP contribution >= 0.6 is 0 Å². The molecule has 73 heavy (non-hydrogen) atoms. The number of allylic oxidation sites excluding steroid dienone is 5. The Balaban J connectivity index is 0.000000935. The molecule has 6 rings (SSSR count). The van der Waals surface area contributed by atoms with Crippen LogP contribution in [0.5, 0.6) is 0 Å². The maximum absolute atomic E-state index is 13.0. The van der Waals surface area contributed by atoms with Crippen LogP contribution in [-0.2, 0) is 14.3 Å². The van der Waals surface area contributed by atoms with Gasteiger partial charge in [-0.15, -0.1) is 0 Å². The van der Waals surface area contributed by atoms with Crippen LogP contribution in [0.25, 0.3) is 43.8 Å². The minimum Gasteiger partial charge on any atom is -0.508 e. The predicted molar refractivity (Wildman–Crippen MR) is 318 cm³/mol. The first-order valence-electron chi connectivity index (χ1n) is 27.3. The van der Waals surface area contributed by atoms with E-state index in [4.69, 9.17) is 14.5 Å². The SMILES string of the molecule is C=C/C=C(CN(c1c(N=C)c2cc(-c3ccc(C(=O)OCC(CC)CCCC)cc3)ccc2c2ccc(-c3ccc(C)cc3)cc12)C1C=CC=CC1)\C(O)=C/C.CC.CC.CC.CCCCC(CC)COC=O. The Morgan fingerprint density at radius 3 is 1.78 bits per heavy atom. The van der Waals surface area contributed by atoms with E-state index in [0.29, 0.717) is 43.6 Å². The molecule has 0 aliphatic heterocycles. The van der Waals surface area contributed by atoms with Gasteiger partial charge in [0.05, 0.1) is 36.2 Å². The Bertz CT molecular complexity index is 2550. The van der Waals surface area contributed by atoms with Crippen molar-refractivity contribution >= 4 is 52.1 Å². The number of aliphatic hydroxyl groups excluding tert-OH is 1. The molecule has 0 fully saturated rings. The van der Waals surface area contributed by atoms with Gasteiger partial charge >= 0.3 is 5.97 Å². The summed E-state index contributed by atoms with van der Waals surface area (Å²) in [6.45, 7) is 34.7. The molecule has 7 heteroatoms. The number of fused-ring (bicyclic) bond motifs is 3. The summed E-state index contributed by atoms with van der Waals surface area (Å²) >= 11 is 0. The molecular weight excluding hydrogens is 901 g/mol. The number of aryl methyl sites for hydroxylation is 1. The smallest absolute Gasteiger partial charge is 0.338 e. The molecule has 1 aliphatic carbocycles. The molecular formula is C66H90N2O5. The molecule has 0 radical (unpaired) electrons. The van der Waals surface area contributed by atoms with Gasteiger partial charge in [-0.2, -0.15) is 0 Å². The number of anilines is 1. The molecule has 5 aromatic carbocycles. The third-order valence-electron chi connectivity index (χ3n) is 12.9. The summed E-state index contributed by atoms with van der Waals surface area (Å²) in [4.78, 5) is 30.1. The summed E-state index contributed by atoms with van der Waals surface area (Å²) in [5.74, 6) is 0.878. The predicted octanol–water partition coefficient (Wildman–Crippen LogP) is 19.1. The molecule has 3 unspecified atom stereocenters. The van der Waals surface area contributed by atoms with Gasteiger partial charge in [-0.3, -0.25) is 9.79 Å². The molecule has 0 aromatic heterocycles. The van der Waals surface area contributed by atoms with E-state index < -0.39 is 0 Å². The van der Waals surface area contributed by atoms with Crippen molar-refractivity contribution in [2.24, 2.45) is 16.8 Å². The van der Waals surface area contributed by atoms with E-state index in [0.717, 1.165) is 99.3 Å². The van der Waals surface area contributed by atoms with Crippen molar-refractivity contribution < 1.29 is 24.2 Å². The van der Waals surface area contributed by atoms with Crippen molar-refractivity contribution in [2.75, 3.05) is 24.7 Å². The second kappa shape index (κ2) is 35.6. The van der Waals surface area contributed by atoms with Crippen LogP contribution in [0.3, 0.4) is 0 Å². The van der Waals surface area contributed by atoms with Crippen molar-refractivity contribution in [3.8, 4) is 22.3 Å². The minimum atomic E-state index is -0.287. The highest BCUT2D eigenvalue weighted by Crippen LogP contribution is 2.47. The Labute approximate surface area is 441 Å². The fourth-order valence-corrected chi connectivity index (χ4v) is 8.70. The van der Waals surface area contributed by atoms with E-state index in [-0.39, 0.29) is 17.8 Å². The summed E-state index contributed by atoms with van der Waals surface area (Å²) in [5.41, 5.74) is 8.44. The van der Waals surface area contributed by atoms with Gasteiger partial charge in [0.2, 0.25) is 0 Å². The molecule has 0 spiro atoms. The Morgan fingerprint density at radius 2 is 1.29 bits per heavy atom. The maximum Gasteiger partial charge on any atom is 0.338 e. The number of aliphatic imine (C=N–C) groups is 1. The largest absolute Gasteiger partial charge is 0.508 e. The van der Waals surface area contributed by atoms with E-state index >= 15 is 0 Å². The zero-order chi connectivity index (χ0) is 54.1. The van der Waals surface area contributed by atoms with Crippen molar-refractivity contribution in [3.05, 3.63) is 156 Å². The number of benzene rings is 5. The minimum absolute atomic E-state index is 0.0169. The third-order valence-corrected chi connectivity index (χ3v) is 12.9.